The lowest BCUT2D eigenvalue weighted by Gasteiger charge is -2.49. The van der Waals surface area contributed by atoms with Gasteiger partial charge < -0.3 is 28.6 Å². The number of phenolic OH excluding ortho intramolecular Hbond substituents is 1. The van der Waals surface area contributed by atoms with E-state index in [1.165, 1.54) is 60.6 Å². The Morgan fingerprint density at radius 2 is 1.56 bits per heavy atom. The molecule has 9 rings (SSSR count). The molecule has 4 aromatic carbocycles. The van der Waals surface area contributed by atoms with Crippen molar-refractivity contribution in [3.63, 3.8) is 0 Å². The first kappa shape index (κ1) is 42.3. The van der Waals surface area contributed by atoms with Gasteiger partial charge in [-0.2, -0.15) is 5.01 Å². The third-order valence-electron chi connectivity index (χ3n) is 12.7. The summed E-state index contributed by atoms with van der Waals surface area (Å²) in [6.07, 6.45) is 1.65. The largest absolute Gasteiger partial charge is 0.508 e. The molecular weight excluding hydrogens is 869 g/mol. The maximum Gasteiger partial charge on any atom is 0.347 e. The highest BCUT2D eigenvalue weighted by Gasteiger charge is 2.69. The molecular formula is C45H41Cl2N7O10. The van der Waals surface area contributed by atoms with Gasteiger partial charge in [0.2, 0.25) is 0 Å². The molecule has 2 fully saturated rings. The van der Waals surface area contributed by atoms with E-state index in [0.29, 0.717) is 50.0 Å². The fourth-order valence-electron chi connectivity index (χ4n) is 9.72. The number of amides is 2. The van der Waals surface area contributed by atoms with Crippen LogP contribution in [0.3, 0.4) is 0 Å². The third-order valence-corrected chi connectivity index (χ3v) is 13.2. The number of methoxy groups -OCH3 is 4. The molecule has 0 bridgehead atoms. The Hall–Kier alpha value is -6.98. The van der Waals surface area contributed by atoms with Gasteiger partial charge in [0.15, 0.2) is 11.5 Å². The third kappa shape index (κ3) is 6.35. The van der Waals surface area contributed by atoms with E-state index in [-0.39, 0.29) is 53.8 Å². The molecule has 1 saturated heterocycles. The topological polar surface area (TPSA) is 190 Å². The zero-order valence-corrected chi connectivity index (χ0v) is 36.6. The summed E-state index contributed by atoms with van der Waals surface area (Å²) >= 11 is 12.8. The number of anilines is 1. The molecule has 2 aromatic heterocycles. The van der Waals surface area contributed by atoms with Crippen LogP contribution in [0.25, 0.3) is 11.0 Å². The number of ether oxygens (including phenoxy) is 4. The van der Waals surface area contributed by atoms with Crippen molar-refractivity contribution in [2.75, 3.05) is 33.9 Å². The minimum absolute atomic E-state index is 0.0709. The van der Waals surface area contributed by atoms with E-state index in [4.69, 9.17) is 42.1 Å². The summed E-state index contributed by atoms with van der Waals surface area (Å²) in [4.78, 5) is 77.9. The smallest absolute Gasteiger partial charge is 0.347 e. The molecule has 1 saturated carbocycles. The number of hydrogen-bond acceptors (Lipinski definition) is 12. The van der Waals surface area contributed by atoms with Crippen LogP contribution in [-0.2, 0) is 41.6 Å². The molecule has 2 N–H and O–H groups in total. The van der Waals surface area contributed by atoms with Crippen molar-refractivity contribution < 1.29 is 33.6 Å². The van der Waals surface area contributed by atoms with Crippen LogP contribution >= 0.6 is 23.2 Å². The quantitative estimate of drug-likeness (QED) is 0.131. The van der Waals surface area contributed by atoms with Gasteiger partial charge >= 0.3 is 11.4 Å². The molecule has 0 radical (unpaired) electrons. The lowest BCUT2D eigenvalue weighted by molar-refractivity contribution is -0.138. The minimum Gasteiger partial charge on any atom is -0.508 e. The van der Waals surface area contributed by atoms with Gasteiger partial charge in [0, 0.05) is 54.7 Å². The van der Waals surface area contributed by atoms with Crippen molar-refractivity contribution in [2.24, 2.45) is 13.0 Å². The number of aromatic nitrogens is 5. The van der Waals surface area contributed by atoms with Gasteiger partial charge in [-0.3, -0.25) is 19.8 Å². The number of halogens is 2. The summed E-state index contributed by atoms with van der Waals surface area (Å²) in [6.45, 7) is -0.269. The lowest BCUT2D eigenvalue weighted by Crippen LogP contribution is -2.53. The summed E-state index contributed by atoms with van der Waals surface area (Å²) in [5.41, 5.74) is 2.31. The lowest BCUT2D eigenvalue weighted by atomic mass is 9.53. The van der Waals surface area contributed by atoms with E-state index in [9.17, 15) is 19.5 Å². The first-order valence-electron chi connectivity index (χ1n) is 20.1. The molecule has 19 heteroatoms. The van der Waals surface area contributed by atoms with Crippen molar-refractivity contribution in [3.05, 3.63) is 143 Å². The number of nitrogens with zero attached hydrogens (tertiary/aromatic N) is 6. The molecule has 2 amide bonds. The standard InChI is InChI=1S/C45H41Cl2N7O10/c1-50-35-22-38(64-5)37(63-4)21-33(35)48-32(41(50)57)15-16-51-43(59)52-17-14-27-34(54(52)44(51)60)20-29-40(56)53(49-31-13-8-24(46)18-30(31)47)42(58)45(29,23-6-10-26(61-2)11-7-23)39(27)28-12-9-25(55)19-36(28)62-3/h6-14,18-19,21-22,29,34,39,49,55H,15-17,20H2,1-5H3/t29-,34+,39+,45+/m0/s1. The minimum atomic E-state index is -1.69. The fraction of sp³-hybridized carbons (Fsp3) is 0.289. The normalized spacial score (nSPS) is 20.1. The van der Waals surface area contributed by atoms with Gasteiger partial charge in [0.05, 0.1) is 74.1 Å². The van der Waals surface area contributed by atoms with Gasteiger partial charge in [-0.15, -0.1) is 0 Å². The Bertz CT molecular complexity index is 3140. The van der Waals surface area contributed by atoms with E-state index in [1.807, 2.05) is 0 Å². The number of hydrogen-bond donors (Lipinski definition) is 2. The summed E-state index contributed by atoms with van der Waals surface area (Å²) in [5.74, 6) is -1.95. The predicted molar refractivity (Wildman–Crippen MR) is 236 cm³/mol. The Morgan fingerprint density at radius 1 is 0.844 bits per heavy atom. The monoisotopic (exact) mass is 909 g/mol. The van der Waals surface area contributed by atoms with Gasteiger partial charge in [-0.05, 0) is 54.0 Å². The number of fused-ring (bicyclic) bond motifs is 5. The molecule has 6 aromatic rings. The molecule has 0 spiro atoms. The Balaban J connectivity index is 1.19. The van der Waals surface area contributed by atoms with E-state index >= 15 is 9.59 Å². The molecule has 1 aliphatic carbocycles. The van der Waals surface area contributed by atoms with E-state index in [1.54, 1.807) is 67.7 Å². The first-order valence-corrected chi connectivity index (χ1v) is 20.9. The van der Waals surface area contributed by atoms with Crippen LogP contribution in [0.1, 0.15) is 35.2 Å². The molecule has 3 aliphatic rings. The SMILES string of the molecule is COc1ccc([C@@]23C(=O)N(Nc4ccc(Cl)cc4Cl)C(=O)[C@@H]2C[C@@H]2C(=CCn4c(=O)n(CCc5nc6cc(OC)c(OC)cc6n(C)c5=O)c(=O)n42)[C@@H]3c2ccc(O)cc2OC)cc1. The Labute approximate surface area is 374 Å². The predicted octanol–water partition coefficient (Wildman–Crippen LogP) is 4.97. The van der Waals surface area contributed by atoms with Crippen molar-refractivity contribution in [1.29, 1.82) is 0 Å². The van der Waals surface area contributed by atoms with Crippen LogP contribution in [0.2, 0.25) is 10.0 Å². The van der Waals surface area contributed by atoms with Crippen LogP contribution in [0.5, 0.6) is 28.7 Å². The second kappa shape index (κ2) is 16.0. The number of hydrazine groups is 1. The van der Waals surface area contributed by atoms with Crippen molar-refractivity contribution in [2.45, 2.75) is 43.3 Å². The molecule has 64 heavy (non-hydrogen) atoms. The molecule has 0 unspecified atom stereocenters. The number of carbonyl (C=O) groups excluding carboxylic acids is 2. The summed E-state index contributed by atoms with van der Waals surface area (Å²) in [5, 5.41) is 12.1. The van der Waals surface area contributed by atoms with Crippen molar-refractivity contribution in [3.8, 4) is 28.7 Å². The van der Waals surface area contributed by atoms with E-state index in [2.05, 4.69) is 10.4 Å². The average molecular weight is 911 g/mol. The van der Waals surface area contributed by atoms with Gasteiger partial charge in [0.25, 0.3) is 17.4 Å². The van der Waals surface area contributed by atoms with Gasteiger partial charge in [-0.25, -0.2) is 28.5 Å². The van der Waals surface area contributed by atoms with Crippen LogP contribution in [0, 0.1) is 5.92 Å². The maximum absolute atomic E-state index is 15.6. The zero-order chi connectivity index (χ0) is 45.4. The van der Waals surface area contributed by atoms with Crippen LogP contribution in [0.4, 0.5) is 5.69 Å². The molecule has 330 valence electrons. The van der Waals surface area contributed by atoms with Gasteiger partial charge in [0.1, 0.15) is 22.9 Å². The highest BCUT2D eigenvalue weighted by Crippen LogP contribution is 2.63. The van der Waals surface area contributed by atoms with E-state index in [0.717, 1.165) is 9.58 Å². The van der Waals surface area contributed by atoms with Crippen molar-refractivity contribution in [1.82, 2.24) is 28.5 Å². The Morgan fingerprint density at radius 3 is 2.25 bits per heavy atom. The Kier molecular flexibility index (Phi) is 10.6. The highest BCUT2D eigenvalue weighted by molar-refractivity contribution is 6.36. The second-order valence-electron chi connectivity index (χ2n) is 15.7. The van der Waals surface area contributed by atoms with Crippen LogP contribution < -0.4 is 41.3 Å². The summed E-state index contributed by atoms with van der Waals surface area (Å²) in [6, 6.07) is 18.3. The average Bonchev–Trinajstić information content (AvgIpc) is 3.67. The number of carbonyl (C=O) groups is 2. The van der Waals surface area contributed by atoms with Crippen LogP contribution in [0.15, 0.2) is 98.8 Å². The first-order chi connectivity index (χ1) is 30.8. The van der Waals surface area contributed by atoms with E-state index < -0.39 is 52.0 Å². The number of aryl methyl sites for hydroxylation is 2. The number of phenols is 1. The molecule has 4 atom stereocenters. The number of aromatic hydroxyl groups is 1. The molecule has 2 aliphatic heterocycles. The summed E-state index contributed by atoms with van der Waals surface area (Å²) in [7, 11) is 7.51. The number of imide groups is 1. The van der Waals surface area contributed by atoms with Crippen LogP contribution in [-0.4, -0.2) is 73.9 Å². The number of nitrogens with one attached hydrogen (secondary N) is 1. The zero-order valence-electron chi connectivity index (χ0n) is 35.1. The number of rotatable bonds is 11. The molecule has 17 nitrogen and oxygen atoms in total. The van der Waals surface area contributed by atoms with Crippen molar-refractivity contribution >= 4 is 51.7 Å². The summed E-state index contributed by atoms with van der Waals surface area (Å²) < 4.78 is 27.3. The highest BCUT2D eigenvalue weighted by atomic mass is 35.5. The number of allylic oxidation sites excluding steroid dienone is 2. The maximum atomic E-state index is 15.6. The fourth-order valence-corrected chi connectivity index (χ4v) is 10.2. The number of benzene rings is 4. The van der Waals surface area contributed by atoms with Gasteiger partial charge in [-0.1, -0.05) is 47.5 Å². The second-order valence-corrected chi connectivity index (χ2v) is 16.5. The molecule has 4 heterocycles.